The van der Waals surface area contributed by atoms with Crippen LogP contribution in [0.3, 0.4) is 0 Å². The van der Waals surface area contributed by atoms with Crippen molar-refractivity contribution in [2.24, 2.45) is 0 Å². The minimum atomic E-state index is -1.05. The lowest BCUT2D eigenvalue weighted by atomic mass is 10.0. The van der Waals surface area contributed by atoms with Crippen LogP contribution in [0.2, 0.25) is 0 Å². The van der Waals surface area contributed by atoms with Crippen molar-refractivity contribution >= 4 is 23.7 Å². The van der Waals surface area contributed by atoms with Gasteiger partial charge in [0, 0.05) is 6.42 Å². The molecule has 0 aromatic heterocycles. The van der Waals surface area contributed by atoms with Gasteiger partial charge in [-0.05, 0) is 5.56 Å². The number of esters is 1. The Kier molecular flexibility index (Phi) is 4.32. The molecule has 1 saturated heterocycles. The summed E-state index contributed by atoms with van der Waals surface area (Å²) in [6.07, 6.45) is 0.246. The van der Waals surface area contributed by atoms with Crippen molar-refractivity contribution in [2.75, 3.05) is 13.7 Å². The smallest absolute Gasteiger partial charge is 0.325 e. The van der Waals surface area contributed by atoms with E-state index >= 15 is 0 Å². The van der Waals surface area contributed by atoms with Crippen LogP contribution in [0.15, 0.2) is 30.3 Å². The number of hydrogen-bond donors (Lipinski definition) is 1. The predicted molar refractivity (Wildman–Crippen MR) is 70.8 cm³/mol. The van der Waals surface area contributed by atoms with Crippen molar-refractivity contribution in [1.82, 2.24) is 10.2 Å². The maximum absolute atomic E-state index is 12.2. The van der Waals surface area contributed by atoms with Gasteiger partial charge < -0.3 is 10.1 Å². The number of methoxy groups -OCH3 is 1. The van der Waals surface area contributed by atoms with Gasteiger partial charge in [0.2, 0.25) is 0 Å². The van der Waals surface area contributed by atoms with Crippen LogP contribution < -0.4 is 5.32 Å². The van der Waals surface area contributed by atoms with Crippen molar-refractivity contribution in [3.63, 3.8) is 0 Å². The van der Waals surface area contributed by atoms with Crippen LogP contribution in [-0.4, -0.2) is 48.3 Å². The van der Waals surface area contributed by atoms with E-state index in [0.717, 1.165) is 12.7 Å². The van der Waals surface area contributed by atoms with E-state index in [0.29, 0.717) is 4.90 Å². The standard InChI is InChI=1S/C14H14N2O5/c1-21-11(17)8-16-13(19)10(15-12(18)14(16)20)7-9-5-3-2-4-6-9/h2-6,10H,7-8H2,1H3,(H,15,18)/t10-/m0/s1. The minimum absolute atomic E-state index is 0.246. The minimum Gasteiger partial charge on any atom is -0.468 e. The Morgan fingerprint density at radius 1 is 1.24 bits per heavy atom. The highest BCUT2D eigenvalue weighted by Gasteiger charge is 2.40. The topological polar surface area (TPSA) is 92.8 Å². The molecule has 7 nitrogen and oxygen atoms in total. The SMILES string of the molecule is COC(=O)CN1C(=O)C(=O)N[C@@H](Cc2ccccc2)C1=O. The first-order valence-corrected chi connectivity index (χ1v) is 6.30. The van der Waals surface area contributed by atoms with Crippen molar-refractivity contribution in [2.45, 2.75) is 12.5 Å². The fourth-order valence-corrected chi connectivity index (χ4v) is 2.02. The Morgan fingerprint density at radius 3 is 2.52 bits per heavy atom. The number of benzene rings is 1. The largest absolute Gasteiger partial charge is 0.468 e. The van der Waals surface area contributed by atoms with E-state index < -0.39 is 36.3 Å². The second-order valence-electron chi connectivity index (χ2n) is 4.52. The molecule has 110 valence electrons. The highest BCUT2D eigenvalue weighted by Crippen LogP contribution is 2.10. The molecule has 0 aliphatic carbocycles. The Labute approximate surface area is 120 Å². The van der Waals surface area contributed by atoms with Crippen molar-refractivity contribution in [1.29, 1.82) is 0 Å². The predicted octanol–water partition coefficient (Wildman–Crippen LogP) is -0.744. The third kappa shape index (κ3) is 3.25. The molecule has 0 radical (unpaired) electrons. The lowest BCUT2D eigenvalue weighted by Crippen LogP contribution is -2.62. The summed E-state index contributed by atoms with van der Waals surface area (Å²) >= 11 is 0. The average molecular weight is 290 g/mol. The zero-order valence-electron chi connectivity index (χ0n) is 11.4. The van der Waals surface area contributed by atoms with Crippen LogP contribution in [0.5, 0.6) is 0 Å². The third-order valence-electron chi connectivity index (χ3n) is 3.11. The van der Waals surface area contributed by atoms with E-state index in [4.69, 9.17) is 0 Å². The molecule has 1 aromatic rings. The van der Waals surface area contributed by atoms with Gasteiger partial charge in [0.25, 0.3) is 5.91 Å². The second-order valence-corrected chi connectivity index (χ2v) is 4.52. The van der Waals surface area contributed by atoms with Crippen LogP contribution in [0.4, 0.5) is 0 Å². The van der Waals surface area contributed by atoms with Gasteiger partial charge in [-0.3, -0.25) is 24.1 Å². The fourth-order valence-electron chi connectivity index (χ4n) is 2.02. The number of ether oxygens (including phenoxy) is 1. The van der Waals surface area contributed by atoms with E-state index in [-0.39, 0.29) is 6.42 Å². The number of nitrogens with one attached hydrogen (secondary N) is 1. The third-order valence-corrected chi connectivity index (χ3v) is 3.11. The highest BCUT2D eigenvalue weighted by molar-refractivity contribution is 6.40. The van der Waals surface area contributed by atoms with E-state index in [2.05, 4.69) is 10.1 Å². The van der Waals surface area contributed by atoms with E-state index in [9.17, 15) is 19.2 Å². The number of hydrogen-bond acceptors (Lipinski definition) is 5. The van der Waals surface area contributed by atoms with Gasteiger partial charge >= 0.3 is 17.8 Å². The molecule has 0 bridgehead atoms. The molecule has 2 rings (SSSR count). The normalized spacial score (nSPS) is 18.4. The Bertz CT molecular complexity index is 584. The van der Waals surface area contributed by atoms with Gasteiger partial charge in [0.15, 0.2) is 0 Å². The molecule has 0 saturated carbocycles. The number of carbonyl (C=O) groups is 4. The average Bonchev–Trinajstić information content (AvgIpc) is 2.50. The molecule has 0 unspecified atom stereocenters. The number of nitrogens with zero attached hydrogens (tertiary/aromatic N) is 1. The maximum atomic E-state index is 12.2. The fraction of sp³-hybridized carbons (Fsp3) is 0.286. The highest BCUT2D eigenvalue weighted by atomic mass is 16.5. The summed E-state index contributed by atoms with van der Waals surface area (Å²) in [6, 6.07) is 8.19. The molecule has 21 heavy (non-hydrogen) atoms. The lowest BCUT2D eigenvalue weighted by Gasteiger charge is -2.30. The quantitative estimate of drug-likeness (QED) is 0.448. The Hall–Kier alpha value is -2.70. The van der Waals surface area contributed by atoms with E-state index in [1.165, 1.54) is 0 Å². The molecule has 1 atom stereocenters. The van der Waals surface area contributed by atoms with Gasteiger partial charge in [0.1, 0.15) is 12.6 Å². The van der Waals surface area contributed by atoms with Crippen molar-refractivity contribution in [3.8, 4) is 0 Å². The summed E-state index contributed by atoms with van der Waals surface area (Å²) in [5.41, 5.74) is 0.837. The Balaban J connectivity index is 2.16. The van der Waals surface area contributed by atoms with Gasteiger partial charge in [-0.2, -0.15) is 0 Å². The zero-order chi connectivity index (χ0) is 15.4. The van der Waals surface area contributed by atoms with Gasteiger partial charge in [0.05, 0.1) is 7.11 Å². The van der Waals surface area contributed by atoms with Crippen molar-refractivity contribution in [3.05, 3.63) is 35.9 Å². The molecule has 1 aliphatic rings. The monoisotopic (exact) mass is 290 g/mol. The number of piperazine rings is 1. The Morgan fingerprint density at radius 2 is 1.90 bits per heavy atom. The van der Waals surface area contributed by atoms with Gasteiger partial charge in [-0.1, -0.05) is 30.3 Å². The molecule has 3 amide bonds. The summed E-state index contributed by atoms with van der Waals surface area (Å²) in [5, 5.41) is 2.35. The van der Waals surface area contributed by atoms with Crippen LogP contribution in [0, 0.1) is 0 Å². The number of amides is 3. The van der Waals surface area contributed by atoms with Crippen LogP contribution in [0.25, 0.3) is 0 Å². The van der Waals surface area contributed by atoms with E-state index in [1.807, 2.05) is 18.2 Å². The first kappa shape index (κ1) is 14.7. The maximum Gasteiger partial charge on any atom is 0.325 e. The second kappa shape index (κ2) is 6.17. The molecular weight excluding hydrogens is 276 g/mol. The lowest BCUT2D eigenvalue weighted by molar-refractivity contribution is -0.162. The summed E-state index contributed by atoms with van der Waals surface area (Å²) in [4.78, 5) is 47.4. The molecule has 0 spiro atoms. The summed E-state index contributed by atoms with van der Waals surface area (Å²) in [6.45, 7) is -0.563. The molecule has 1 heterocycles. The molecule has 1 aliphatic heterocycles. The zero-order valence-corrected chi connectivity index (χ0v) is 11.4. The first-order valence-electron chi connectivity index (χ1n) is 6.30. The summed E-state index contributed by atoms with van der Waals surface area (Å²) in [5.74, 6) is -3.33. The summed E-state index contributed by atoms with van der Waals surface area (Å²) in [7, 11) is 1.14. The molecule has 7 heteroatoms. The van der Waals surface area contributed by atoms with Gasteiger partial charge in [-0.15, -0.1) is 0 Å². The summed E-state index contributed by atoms with van der Waals surface area (Å²) < 4.78 is 4.42. The van der Waals surface area contributed by atoms with Crippen molar-refractivity contribution < 1.29 is 23.9 Å². The van der Waals surface area contributed by atoms with Crippen LogP contribution >= 0.6 is 0 Å². The molecule has 1 fully saturated rings. The van der Waals surface area contributed by atoms with Crippen LogP contribution in [0.1, 0.15) is 5.56 Å². The van der Waals surface area contributed by atoms with E-state index in [1.54, 1.807) is 12.1 Å². The molecule has 1 N–H and O–H groups in total. The molecule has 1 aromatic carbocycles. The van der Waals surface area contributed by atoms with Crippen LogP contribution in [-0.2, 0) is 30.3 Å². The first-order chi connectivity index (χ1) is 10.0. The van der Waals surface area contributed by atoms with Gasteiger partial charge in [-0.25, -0.2) is 0 Å². The number of carbonyl (C=O) groups excluding carboxylic acids is 4. The number of imide groups is 1. The molecular formula is C14H14N2O5. The number of rotatable bonds is 4.